The molecule has 2 aromatic heterocycles. The molecule has 1 aliphatic heterocycles. The molecule has 1 aromatic carbocycles. The van der Waals surface area contributed by atoms with Crippen molar-refractivity contribution in [3.05, 3.63) is 74.3 Å². The van der Waals surface area contributed by atoms with Gasteiger partial charge in [0.15, 0.2) is 0 Å². The molecule has 0 radical (unpaired) electrons. The molecule has 4 rings (SSSR count). The van der Waals surface area contributed by atoms with Gasteiger partial charge in [-0.2, -0.15) is 0 Å². The molecule has 3 heterocycles. The monoisotopic (exact) mass is 440 g/mol. The lowest BCUT2D eigenvalue weighted by molar-refractivity contribution is 0.0751. The highest BCUT2D eigenvalue weighted by molar-refractivity contribution is 7.12. The van der Waals surface area contributed by atoms with E-state index in [-0.39, 0.29) is 5.91 Å². The third-order valence-electron chi connectivity index (χ3n) is 5.41. The van der Waals surface area contributed by atoms with Crippen LogP contribution in [0.5, 0.6) is 0 Å². The van der Waals surface area contributed by atoms with Crippen molar-refractivity contribution in [2.75, 3.05) is 31.1 Å². The van der Waals surface area contributed by atoms with Crippen LogP contribution in [0, 0.1) is 6.92 Å². The minimum absolute atomic E-state index is 0.124. The summed E-state index contributed by atoms with van der Waals surface area (Å²) in [4.78, 5) is 27.3. The highest BCUT2D eigenvalue weighted by Crippen LogP contribution is 2.27. The number of hydrogen-bond donors (Lipinski definition) is 0. The summed E-state index contributed by atoms with van der Waals surface area (Å²) >= 11 is 7.56. The number of halogens is 1. The molecule has 1 amide bonds. The molecule has 1 saturated heterocycles. The molecule has 1 fully saturated rings. The van der Waals surface area contributed by atoms with Crippen LogP contribution in [0.1, 0.15) is 39.2 Å². The second kappa shape index (κ2) is 9.14. The fraction of sp³-hybridized carbons (Fsp3) is 0.348. The SMILES string of the molecule is CCc1nc(C)nc(N2CCN(C(=O)c3cccs3)CC2)c1Cc1ccc(Cl)cc1. The van der Waals surface area contributed by atoms with E-state index in [1.807, 2.05) is 41.5 Å². The highest BCUT2D eigenvalue weighted by Gasteiger charge is 2.26. The van der Waals surface area contributed by atoms with Gasteiger partial charge in [0.05, 0.1) is 4.88 Å². The second-order valence-corrected chi connectivity index (χ2v) is 8.82. The zero-order chi connectivity index (χ0) is 21.1. The number of piperazine rings is 1. The molecule has 0 saturated carbocycles. The van der Waals surface area contributed by atoms with Crippen LogP contribution in [0.2, 0.25) is 5.02 Å². The van der Waals surface area contributed by atoms with Crippen molar-refractivity contribution in [2.24, 2.45) is 0 Å². The van der Waals surface area contributed by atoms with Crippen molar-refractivity contribution >= 4 is 34.7 Å². The van der Waals surface area contributed by atoms with Gasteiger partial charge in [0.2, 0.25) is 0 Å². The Bertz CT molecular complexity index is 1010. The van der Waals surface area contributed by atoms with Crippen LogP contribution in [0.3, 0.4) is 0 Å². The third kappa shape index (κ3) is 4.50. The van der Waals surface area contributed by atoms with E-state index in [1.165, 1.54) is 22.5 Å². The number of benzene rings is 1. The number of aromatic nitrogens is 2. The maximum Gasteiger partial charge on any atom is 0.264 e. The first-order valence-electron chi connectivity index (χ1n) is 10.2. The van der Waals surface area contributed by atoms with Gasteiger partial charge in [-0.05, 0) is 42.5 Å². The zero-order valence-corrected chi connectivity index (χ0v) is 18.8. The number of nitrogens with zero attached hydrogens (tertiary/aromatic N) is 4. The summed E-state index contributed by atoms with van der Waals surface area (Å²) in [6.45, 7) is 7.01. The Morgan fingerprint density at radius 2 is 1.83 bits per heavy atom. The zero-order valence-electron chi connectivity index (χ0n) is 17.3. The molecule has 5 nitrogen and oxygen atoms in total. The van der Waals surface area contributed by atoms with Crippen LogP contribution < -0.4 is 4.90 Å². The summed E-state index contributed by atoms with van der Waals surface area (Å²) in [7, 11) is 0. The Morgan fingerprint density at radius 1 is 1.10 bits per heavy atom. The number of anilines is 1. The molecule has 0 atom stereocenters. The highest BCUT2D eigenvalue weighted by atomic mass is 35.5. The van der Waals surface area contributed by atoms with E-state index >= 15 is 0 Å². The molecule has 156 valence electrons. The number of aryl methyl sites for hydroxylation is 2. The van der Waals surface area contributed by atoms with Crippen molar-refractivity contribution in [1.29, 1.82) is 0 Å². The normalized spacial score (nSPS) is 14.2. The summed E-state index contributed by atoms with van der Waals surface area (Å²) < 4.78 is 0. The van der Waals surface area contributed by atoms with Gasteiger partial charge in [0, 0.05) is 48.9 Å². The molecule has 0 N–H and O–H groups in total. The summed E-state index contributed by atoms with van der Waals surface area (Å²) in [5, 5.41) is 2.68. The molecule has 0 bridgehead atoms. The average molecular weight is 441 g/mol. The number of rotatable bonds is 5. The number of thiophene rings is 1. The molecule has 0 spiro atoms. The first-order chi connectivity index (χ1) is 14.5. The fourth-order valence-corrected chi connectivity index (χ4v) is 4.67. The number of carbonyl (C=O) groups excluding carboxylic acids is 1. The van der Waals surface area contributed by atoms with Crippen LogP contribution >= 0.6 is 22.9 Å². The maximum absolute atomic E-state index is 12.7. The van der Waals surface area contributed by atoms with E-state index in [0.29, 0.717) is 13.1 Å². The van der Waals surface area contributed by atoms with Crippen LogP contribution in [0.4, 0.5) is 5.82 Å². The van der Waals surface area contributed by atoms with Gasteiger partial charge in [-0.15, -0.1) is 11.3 Å². The van der Waals surface area contributed by atoms with Crippen LogP contribution in [0.15, 0.2) is 41.8 Å². The molecular formula is C23H25ClN4OS. The van der Waals surface area contributed by atoms with Gasteiger partial charge in [-0.3, -0.25) is 4.79 Å². The van der Waals surface area contributed by atoms with E-state index in [2.05, 4.69) is 24.0 Å². The van der Waals surface area contributed by atoms with Crippen molar-refractivity contribution in [1.82, 2.24) is 14.9 Å². The predicted molar refractivity (Wildman–Crippen MR) is 123 cm³/mol. The molecular weight excluding hydrogens is 416 g/mol. The minimum atomic E-state index is 0.124. The predicted octanol–water partition coefficient (Wildman–Crippen LogP) is 4.62. The first kappa shape index (κ1) is 20.8. The summed E-state index contributed by atoms with van der Waals surface area (Å²) in [5.41, 5.74) is 3.45. The number of amides is 1. The quantitative estimate of drug-likeness (QED) is 0.581. The molecule has 0 unspecified atom stereocenters. The largest absolute Gasteiger partial charge is 0.353 e. The van der Waals surface area contributed by atoms with E-state index in [9.17, 15) is 4.79 Å². The van der Waals surface area contributed by atoms with Crippen molar-refractivity contribution in [3.8, 4) is 0 Å². The molecule has 3 aromatic rings. The van der Waals surface area contributed by atoms with Gasteiger partial charge in [-0.25, -0.2) is 9.97 Å². The summed E-state index contributed by atoms with van der Waals surface area (Å²) in [5.74, 6) is 1.91. The average Bonchev–Trinajstić information content (AvgIpc) is 3.30. The Kier molecular flexibility index (Phi) is 6.35. The standard InChI is InChI=1S/C23H25ClN4OS/c1-3-20-19(15-17-6-8-18(24)9-7-17)22(26-16(2)25-20)27-10-12-28(13-11-27)23(29)21-5-4-14-30-21/h4-9,14H,3,10-13,15H2,1-2H3. The van der Waals surface area contributed by atoms with Crippen molar-refractivity contribution in [3.63, 3.8) is 0 Å². The Balaban J connectivity index is 1.57. The lowest BCUT2D eigenvalue weighted by Gasteiger charge is -2.36. The van der Waals surface area contributed by atoms with E-state index in [1.54, 1.807) is 0 Å². The van der Waals surface area contributed by atoms with Crippen LogP contribution in [-0.2, 0) is 12.8 Å². The smallest absolute Gasteiger partial charge is 0.264 e. The first-order valence-corrected chi connectivity index (χ1v) is 11.5. The number of carbonyl (C=O) groups is 1. The Labute approximate surface area is 186 Å². The Morgan fingerprint density at radius 3 is 2.47 bits per heavy atom. The van der Waals surface area contributed by atoms with E-state index in [0.717, 1.165) is 53.2 Å². The minimum Gasteiger partial charge on any atom is -0.353 e. The van der Waals surface area contributed by atoms with Gasteiger partial charge >= 0.3 is 0 Å². The summed E-state index contributed by atoms with van der Waals surface area (Å²) in [6.07, 6.45) is 1.63. The van der Waals surface area contributed by atoms with Gasteiger partial charge in [-0.1, -0.05) is 36.7 Å². The molecule has 7 heteroatoms. The fourth-order valence-electron chi connectivity index (χ4n) is 3.86. The van der Waals surface area contributed by atoms with Crippen molar-refractivity contribution < 1.29 is 4.79 Å². The van der Waals surface area contributed by atoms with Gasteiger partial charge in [0.1, 0.15) is 11.6 Å². The lowest BCUT2D eigenvalue weighted by Crippen LogP contribution is -2.49. The lowest BCUT2D eigenvalue weighted by atomic mass is 10.0. The Hall–Kier alpha value is -2.44. The van der Waals surface area contributed by atoms with E-state index < -0.39 is 0 Å². The van der Waals surface area contributed by atoms with Gasteiger partial charge in [0.25, 0.3) is 5.91 Å². The molecule has 30 heavy (non-hydrogen) atoms. The van der Waals surface area contributed by atoms with Crippen molar-refractivity contribution in [2.45, 2.75) is 26.7 Å². The van der Waals surface area contributed by atoms with Gasteiger partial charge < -0.3 is 9.80 Å². The second-order valence-electron chi connectivity index (χ2n) is 7.43. The molecule has 1 aliphatic rings. The van der Waals surface area contributed by atoms with Crippen LogP contribution in [0.25, 0.3) is 0 Å². The third-order valence-corrected chi connectivity index (χ3v) is 6.52. The van der Waals surface area contributed by atoms with Crippen LogP contribution in [-0.4, -0.2) is 47.0 Å². The topological polar surface area (TPSA) is 49.3 Å². The summed E-state index contributed by atoms with van der Waals surface area (Å²) in [6, 6.07) is 11.8. The molecule has 0 aliphatic carbocycles. The number of hydrogen-bond acceptors (Lipinski definition) is 5. The van der Waals surface area contributed by atoms with E-state index in [4.69, 9.17) is 21.6 Å². The maximum atomic E-state index is 12.7.